The Morgan fingerprint density at radius 3 is 1.76 bits per heavy atom. The van der Waals surface area contributed by atoms with Crippen LogP contribution in [-0.2, 0) is 9.53 Å². The van der Waals surface area contributed by atoms with E-state index >= 15 is 0 Å². The maximum Gasteiger partial charge on any atom is 0.459 e. The Balaban J connectivity index is 4.99. The predicted octanol–water partition coefficient (Wildman–Crippen LogP) is 3.96. The molecule has 0 fully saturated rings. The first-order valence-corrected chi connectivity index (χ1v) is 5.06. The van der Waals surface area contributed by atoms with Crippen LogP contribution < -0.4 is 0 Å². The molecule has 0 aliphatic rings. The summed E-state index contributed by atoms with van der Waals surface area (Å²) in [5.74, 6) is -18.9. The van der Waals surface area contributed by atoms with Gasteiger partial charge in [0.15, 0.2) is 6.61 Å². The van der Waals surface area contributed by atoms with Crippen LogP contribution in [0.2, 0.25) is 0 Å². The molecule has 0 heterocycles. The first kappa shape index (κ1) is 19.6. The van der Waals surface area contributed by atoms with Crippen molar-refractivity contribution < 1.29 is 49.0 Å². The molecule has 11 heteroatoms. The number of esters is 1. The van der Waals surface area contributed by atoms with Crippen LogP contribution in [-0.4, -0.2) is 36.5 Å². The summed E-state index contributed by atoms with van der Waals surface area (Å²) in [6, 6.07) is 0. The van der Waals surface area contributed by atoms with Crippen LogP contribution in [0.1, 0.15) is 13.3 Å². The summed E-state index contributed by atoms with van der Waals surface area (Å²) in [5, 5.41) is 0. The molecular weight excluding hydrogens is 323 g/mol. The highest BCUT2D eigenvalue weighted by Gasteiger charge is 2.74. The highest BCUT2D eigenvalue weighted by Crippen LogP contribution is 2.50. The molecule has 0 aromatic rings. The second-order valence-electron chi connectivity index (χ2n) is 4.17. The topological polar surface area (TPSA) is 26.3 Å². The number of hydrogen-bond donors (Lipinski definition) is 0. The summed E-state index contributed by atoms with van der Waals surface area (Å²) < 4.78 is 115. The third kappa shape index (κ3) is 4.81. The Morgan fingerprint density at radius 1 is 1.00 bits per heavy atom. The summed E-state index contributed by atoms with van der Waals surface area (Å²) in [5.41, 5.74) is -0.391. The van der Waals surface area contributed by atoms with E-state index in [9.17, 15) is 44.3 Å². The maximum absolute atomic E-state index is 13.0. The van der Waals surface area contributed by atoms with Gasteiger partial charge in [-0.15, -0.1) is 0 Å². The smallest absolute Gasteiger partial charge is 0.456 e. The highest BCUT2D eigenvalue weighted by molar-refractivity contribution is 5.86. The fourth-order valence-electron chi connectivity index (χ4n) is 0.989. The van der Waals surface area contributed by atoms with E-state index in [1.54, 1.807) is 0 Å². The third-order valence-corrected chi connectivity index (χ3v) is 2.06. The Morgan fingerprint density at radius 2 is 1.43 bits per heavy atom. The maximum atomic E-state index is 13.0. The molecule has 0 saturated carbocycles. The molecule has 0 unspecified atom stereocenters. The lowest BCUT2D eigenvalue weighted by Crippen LogP contribution is -2.54. The summed E-state index contributed by atoms with van der Waals surface area (Å²) in [6.07, 6.45) is -9.85. The minimum Gasteiger partial charge on any atom is -0.456 e. The van der Waals surface area contributed by atoms with Crippen LogP contribution >= 0.6 is 0 Å². The van der Waals surface area contributed by atoms with Crippen LogP contribution in [0.3, 0.4) is 0 Å². The molecule has 0 aromatic heterocycles. The second-order valence-corrected chi connectivity index (χ2v) is 4.17. The Hall–Kier alpha value is -1.42. The molecule has 0 aromatic carbocycles. The van der Waals surface area contributed by atoms with Crippen LogP contribution in [0, 0.1) is 0 Å². The van der Waals surface area contributed by atoms with E-state index in [1.807, 2.05) is 0 Å². The Labute approximate surface area is 112 Å². The number of carbonyl (C=O) groups is 1. The van der Waals surface area contributed by atoms with E-state index < -0.39 is 48.5 Å². The molecule has 0 N–H and O–H groups in total. The van der Waals surface area contributed by atoms with Gasteiger partial charge in [0.25, 0.3) is 5.92 Å². The number of ether oxygens (including phenoxy) is 1. The Bertz CT molecular complexity index is 411. The van der Waals surface area contributed by atoms with E-state index in [1.165, 1.54) is 0 Å². The zero-order valence-corrected chi connectivity index (χ0v) is 10.3. The number of halogens is 9. The van der Waals surface area contributed by atoms with E-state index in [-0.39, 0.29) is 0 Å². The monoisotopic (exact) mass is 332 g/mol. The number of alkyl halides is 9. The van der Waals surface area contributed by atoms with Gasteiger partial charge >= 0.3 is 24.0 Å². The van der Waals surface area contributed by atoms with Crippen molar-refractivity contribution in [3.05, 3.63) is 12.2 Å². The predicted molar refractivity (Wildman–Crippen MR) is 51.3 cm³/mol. The number of rotatable bonds is 6. The van der Waals surface area contributed by atoms with Crippen molar-refractivity contribution in [2.24, 2.45) is 0 Å². The molecule has 0 bridgehead atoms. The van der Waals surface area contributed by atoms with Crippen LogP contribution in [0.15, 0.2) is 12.2 Å². The molecule has 0 spiro atoms. The van der Waals surface area contributed by atoms with Gasteiger partial charge in [-0.05, 0) is 6.92 Å². The lowest BCUT2D eigenvalue weighted by atomic mass is 10.0. The van der Waals surface area contributed by atoms with Crippen molar-refractivity contribution >= 4 is 5.97 Å². The molecule has 0 atom stereocenters. The minimum absolute atomic E-state index is 0.391. The summed E-state index contributed by atoms with van der Waals surface area (Å²) in [7, 11) is 0. The summed E-state index contributed by atoms with van der Waals surface area (Å²) >= 11 is 0. The first-order valence-electron chi connectivity index (χ1n) is 5.06. The first-order chi connectivity index (χ1) is 9.03. The molecule has 0 amide bonds. The van der Waals surface area contributed by atoms with Gasteiger partial charge in [0.2, 0.25) is 0 Å². The zero-order chi connectivity index (χ0) is 17.3. The summed E-state index contributed by atoms with van der Waals surface area (Å²) in [6.45, 7) is 1.91. The fourth-order valence-corrected chi connectivity index (χ4v) is 0.989. The average molecular weight is 332 g/mol. The zero-order valence-electron chi connectivity index (χ0n) is 10.3. The van der Waals surface area contributed by atoms with Gasteiger partial charge in [-0.3, -0.25) is 0 Å². The Kier molecular flexibility index (Phi) is 5.37. The number of hydrogen-bond acceptors (Lipinski definition) is 2. The molecule has 0 rings (SSSR count). The molecule has 2 nitrogen and oxygen atoms in total. The number of carbonyl (C=O) groups excluding carboxylic acids is 1. The normalized spacial score (nSPS) is 14.0. The van der Waals surface area contributed by atoms with Crippen molar-refractivity contribution in [3.63, 3.8) is 0 Å². The molecule has 0 radical (unpaired) electrons. The molecule has 0 aliphatic heterocycles. The van der Waals surface area contributed by atoms with Crippen LogP contribution in [0.25, 0.3) is 0 Å². The van der Waals surface area contributed by atoms with Gasteiger partial charge in [0.05, 0.1) is 6.42 Å². The molecule has 0 saturated heterocycles. The highest BCUT2D eigenvalue weighted by atomic mass is 19.4. The van der Waals surface area contributed by atoms with Gasteiger partial charge in [0, 0.05) is 5.57 Å². The molecule has 0 aliphatic carbocycles. The van der Waals surface area contributed by atoms with Gasteiger partial charge < -0.3 is 4.74 Å². The SMILES string of the molecule is C=C(C)C(=O)OCC(F)(F)CC(F)(F)C(F)(F)C(F)(F)F. The van der Waals surface area contributed by atoms with E-state index in [0.29, 0.717) is 0 Å². The lowest BCUT2D eigenvalue weighted by Gasteiger charge is -2.30. The van der Waals surface area contributed by atoms with Gasteiger partial charge in [-0.2, -0.15) is 30.7 Å². The quantitative estimate of drug-likeness (QED) is 0.418. The van der Waals surface area contributed by atoms with Crippen molar-refractivity contribution in [1.82, 2.24) is 0 Å². The van der Waals surface area contributed by atoms with Gasteiger partial charge in [-0.1, -0.05) is 6.58 Å². The average Bonchev–Trinajstić information content (AvgIpc) is 2.22. The minimum atomic E-state index is -6.71. The standard InChI is InChI=1S/C10H9F9O2/c1-5(2)6(20)21-4-7(11,12)3-8(13,14)9(15,16)10(17,18)19/h1,3-4H2,2H3. The molecular formula is C10H9F9O2. The lowest BCUT2D eigenvalue weighted by molar-refractivity contribution is -0.363. The fraction of sp³-hybridized carbons (Fsp3) is 0.700. The van der Waals surface area contributed by atoms with Gasteiger partial charge in [-0.25, -0.2) is 13.6 Å². The molecule has 21 heavy (non-hydrogen) atoms. The van der Waals surface area contributed by atoms with Crippen LogP contribution in [0.4, 0.5) is 39.5 Å². The molecule has 124 valence electrons. The van der Waals surface area contributed by atoms with E-state index in [2.05, 4.69) is 11.3 Å². The second kappa shape index (κ2) is 5.76. The van der Waals surface area contributed by atoms with Crippen molar-refractivity contribution in [1.29, 1.82) is 0 Å². The summed E-state index contributed by atoms with van der Waals surface area (Å²) in [4.78, 5) is 10.7. The van der Waals surface area contributed by atoms with Crippen LogP contribution in [0.5, 0.6) is 0 Å². The van der Waals surface area contributed by atoms with Gasteiger partial charge in [0.1, 0.15) is 0 Å². The van der Waals surface area contributed by atoms with Crippen molar-refractivity contribution in [3.8, 4) is 0 Å². The van der Waals surface area contributed by atoms with Crippen molar-refractivity contribution in [2.75, 3.05) is 6.61 Å². The van der Waals surface area contributed by atoms with E-state index in [4.69, 9.17) is 0 Å². The van der Waals surface area contributed by atoms with E-state index in [0.717, 1.165) is 6.92 Å². The largest absolute Gasteiger partial charge is 0.459 e. The third-order valence-electron chi connectivity index (χ3n) is 2.06. The van der Waals surface area contributed by atoms with Crippen molar-refractivity contribution in [2.45, 2.75) is 37.3 Å².